The van der Waals surface area contributed by atoms with Crippen LogP contribution in [0.15, 0.2) is 5.16 Å². The molecule has 112 valence electrons. The fourth-order valence-corrected chi connectivity index (χ4v) is 3.22. The van der Waals surface area contributed by atoms with Crippen LogP contribution >= 0.6 is 0 Å². The lowest BCUT2D eigenvalue weighted by atomic mass is 10.1. The molecule has 0 spiro atoms. The average Bonchev–Trinajstić information content (AvgIpc) is 2.38. The summed E-state index contributed by atoms with van der Waals surface area (Å²) in [6, 6.07) is -0.0506. The van der Waals surface area contributed by atoms with Crippen molar-refractivity contribution in [1.29, 1.82) is 0 Å². The summed E-state index contributed by atoms with van der Waals surface area (Å²) < 4.78 is 30.8. The first-order chi connectivity index (χ1) is 8.96. The Morgan fingerprint density at radius 1 is 1.53 bits per heavy atom. The number of rotatable bonds is 7. The largest absolute Gasteiger partial charge is 0.409 e. The summed E-state index contributed by atoms with van der Waals surface area (Å²) in [5.41, 5.74) is 5.43. The minimum Gasteiger partial charge on any atom is -0.409 e. The number of methoxy groups -OCH3 is 1. The van der Waals surface area contributed by atoms with Crippen LogP contribution in [0.5, 0.6) is 0 Å². The number of oxime groups is 1. The summed E-state index contributed by atoms with van der Waals surface area (Å²) in [6.45, 7) is 2.03. The third-order valence-corrected chi connectivity index (χ3v) is 4.40. The Bertz CT molecular complexity index is 390. The molecule has 1 aliphatic heterocycles. The van der Waals surface area contributed by atoms with E-state index in [0.717, 1.165) is 0 Å². The van der Waals surface area contributed by atoms with Crippen LogP contribution in [0.1, 0.15) is 12.8 Å². The Hall–Kier alpha value is -0.900. The van der Waals surface area contributed by atoms with E-state index in [1.54, 1.807) is 0 Å². The normalized spacial score (nSPS) is 19.7. The SMILES string of the molecule is COCCS(=O)(=O)NC1CCN(CC(N)=NO)CC1. The van der Waals surface area contributed by atoms with E-state index in [1.165, 1.54) is 7.11 Å². The molecule has 8 nitrogen and oxygen atoms in total. The van der Waals surface area contributed by atoms with Gasteiger partial charge in [-0.3, -0.25) is 4.90 Å². The minimum atomic E-state index is -3.27. The highest BCUT2D eigenvalue weighted by molar-refractivity contribution is 7.89. The van der Waals surface area contributed by atoms with Crippen LogP contribution in [0, 0.1) is 0 Å². The van der Waals surface area contributed by atoms with Crippen molar-refractivity contribution in [1.82, 2.24) is 9.62 Å². The van der Waals surface area contributed by atoms with Gasteiger partial charge >= 0.3 is 0 Å². The topological polar surface area (TPSA) is 117 Å². The number of hydrogen-bond acceptors (Lipinski definition) is 6. The molecule has 9 heteroatoms. The Morgan fingerprint density at radius 3 is 2.68 bits per heavy atom. The van der Waals surface area contributed by atoms with Gasteiger partial charge in [-0.2, -0.15) is 0 Å². The Balaban J connectivity index is 2.34. The van der Waals surface area contributed by atoms with Gasteiger partial charge in [0.25, 0.3) is 0 Å². The third kappa shape index (κ3) is 6.19. The molecule has 0 bridgehead atoms. The number of sulfonamides is 1. The van der Waals surface area contributed by atoms with Crippen LogP contribution in [0.3, 0.4) is 0 Å². The number of ether oxygens (including phenoxy) is 1. The van der Waals surface area contributed by atoms with Gasteiger partial charge in [0.15, 0.2) is 5.84 Å². The molecule has 0 aromatic carbocycles. The van der Waals surface area contributed by atoms with Gasteiger partial charge in [-0.25, -0.2) is 13.1 Å². The molecule has 0 amide bonds. The van der Waals surface area contributed by atoms with Gasteiger partial charge in [-0.1, -0.05) is 5.16 Å². The van der Waals surface area contributed by atoms with Crippen molar-refractivity contribution in [3.63, 3.8) is 0 Å². The van der Waals surface area contributed by atoms with Crippen molar-refractivity contribution < 1.29 is 18.4 Å². The predicted octanol–water partition coefficient (Wildman–Crippen LogP) is -1.24. The van der Waals surface area contributed by atoms with Gasteiger partial charge in [-0.15, -0.1) is 0 Å². The summed E-state index contributed by atoms with van der Waals surface area (Å²) in [4.78, 5) is 2.02. The maximum absolute atomic E-state index is 11.7. The monoisotopic (exact) mass is 294 g/mol. The quantitative estimate of drug-likeness (QED) is 0.234. The van der Waals surface area contributed by atoms with Crippen LogP contribution in [0.4, 0.5) is 0 Å². The predicted molar refractivity (Wildman–Crippen MR) is 71.7 cm³/mol. The average molecular weight is 294 g/mol. The summed E-state index contributed by atoms with van der Waals surface area (Å²) in [5, 5.41) is 11.4. The molecule has 0 saturated carbocycles. The van der Waals surface area contributed by atoms with E-state index in [4.69, 9.17) is 15.7 Å². The van der Waals surface area contributed by atoms with Crippen LogP contribution in [0.2, 0.25) is 0 Å². The number of likely N-dealkylation sites (tertiary alicyclic amines) is 1. The van der Waals surface area contributed by atoms with Crippen molar-refractivity contribution in [3.8, 4) is 0 Å². The fourth-order valence-electron chi connectivity index (χ4n) is 1.98. The fraction of sp³-hybridized carbons (Fsp3) is 0.900. The van der Waals surface area contributed by atoms with Gasteiger partial charge in [0.2, 0.25) is 10.0 Å². The maximum Gasteiger partial charge on any atom is 0.214 e. The maximum atomic E-state index is 11.7. The van der Waals surface area contributed by atoms with Crippen molar-refractivity contribution >= 4 is 15.9 Å². The molecule has 0 radical (unpaired) electrons. The molecule has 1 heterocycles. The second-order valence-electron chi connectivity index (χ2n) is 4.57. The first-order valence-electron chi connectivity index (χ1n) is 6.14. The van der Waals surface area contributed by atoms with Crippen molar-refractivity contribution in [2.24, 2.45) is 10.9 Å². The molecular weight excluding hydrogens is 272 g/mol. The second kappa shape index (κ2) is 7.63. The molecule has 4 N–H and O–H groups in total. The zero-order chi connectivity index (χ0) is 14.3. The summed E-state index contributed by atoms with van der Waals surface area (Å²) in [5.74, 6) is 0.146. The molecule has 1 fully saturated rings. The van der Waals surface area contributed by atoms with Crippen LogP contribution < -0.4 is 10.5 Å². The molecule has 0 unspecified atom stereocenters. The third-order valence-electron chi connectivity index (χ3n) is 3.00. The van der Waals surface area contributed by atoms with Crippen molar-refractivity contribution in [3.05, 3.63) is 0 Å². The minimum absolute atomic E-state index is 0.0200. The van der Waals surface area contributed by atoms with Crippen LogP contribution in [-0.4, -0.2) is 69.5 Å². The van der Waals surface area contributed by atoms with Crippen molar-refractivity contribution in [2.75, 3.05) is 39.1 Å². The van der Waals surface area contributed by atoms with Gasteiger partial charge in [0.1, 0.15) is 0 Å². The van der Waals surface area contributed by atoms with E-state index < -0.39 is 10.0 Å². The number of hydrogen-bond donors (Lipinski definition) is 3. The smallest absolute Gasteiger partial charge is 0.214 e. The highest BCUT2D eigenvalue weighted by Crippen LogP contribution is 2.11. The standard InChI is InChI=1S/C10H22N4O4S/c1-18-6-7-19(16,17)13-9-2-4-14(5-3-9)8-10(11)12-15/h9,13,15H,2-8H2,1H3,(H2,11,12). The number of nitrogens with two attached hydrogens (primary N) is 1. The number of nitrogens with one attached hydrogen (secondary N) is 1. The zero-order valence-corrected chi connectivity index (χ0v) is 11.9. The molecule has 0 atom stereocenters. The Kier molecular flexibility index (Phi) is 6.49. The lowest BCUT2D eigenvalue weighted by Crippen LogP contribution is -2.47. The molecular formula is C10H22N4O4S. The first-order valence-corrected chi connectivity index (χ1v) is 7.80. The van der Waals surface area contributed by atoms with Crippen molar-refractivity contribution in [2.45, 2.75) is 18.9 Å². The molecule has 1 saturated heterocycles. The molecule has 1 rings (SSSR count). The number of nitrogens with zero attached hydrogens (tertiary/aromatic N) is 2. The lowest BCUT2D eigenvalue weighted by molar-refractivity contribution is 0.215. The summed E-state index contributed by atoms with van der Waals surface area (Å²) in [6.07, 6.45) is 1.43. The Morgan fingerprint density at radius 2 is 2.16 bits per heavy atom. The van der Waals surface area contributed by atoms with Gasteiger partial charge < -0.3 is 15.7 Å². The Labute approximate surface area is 113 Å². The van der Waals surface area contributed by atoms with E-state index in [1.807, 2.05) is 4.90 Å². The second-order valence-corrected chi connectivity index (χ2v) is 6.44. The van der Waals surface area contributed by atoms with Crippen LogP contribution in [-0.2, 0) is 14.8 Å². The van der Waals surface area contributed by atoms with E-state index in [9.17, 15) is 8.42 Å². The highest BCUT2D eigenvalue weighted by Gasteiger charge is 2.23. The van der Waals surface area contributed by atoms with E-state index in [2.05, 4.69) is 9.88 Å². The highest BCUT2D eigenvalue weighted by atomic mass is 32.2. The molecule has 19 heavy (non-hydrogen) atoms. The number of amidine groups is 1. The van der Waals surface area contributed by atoms with Gasteiger partial charge in [-0.05, 0) is 12.8 Å². The first kappa shape index (κ1) is 16.2. The zero-order valence-electron chi connectivity index (χ0n) is 11.1. The molecule has 1 aliphatic rings. The van der Waals surface area contributed by atoms with E-state index in [0.29, 0.717) is 32.5 Å². The molecule has 0 aromatic heterocycles. The van der Waals surface area contributed by atoms with E-state index >= 15 is 0 Å². The van der Waals surface area contributed by atoms with Crippen LogP contribution in [0.25, 0.3) is 0 Å². The van der Waals surface area contributed by atoms with Gasteiger partial charge in [0.05, 0.1) is 18.9 Å². The lowest BCUT2D eigenvalue weighted by Gasteiger charge is -2.31. The molecule has 0 aliphatic carbocycles. The van der Waals surface area contributed by atoms with E-state index in [-0.39, 0.29) is 24.2 Å². The summed E-state index contributed by atoms with van der Waals surface area (Å²) in [7, 11) is -1.80. The van der Waals surface area contributed by atoms with Gasteiger partial charge in [0, 0.05) is 26.2 Å². The number of piperidine rings is 1. The molecule has 0 aromatic rings. The summed E-state index contributed by atoms with van der Waals surface area (Å²) >= 11 is 0.